The summed E-state index contributed by atoms with van der Waals surface area (Å²) in [6, 6.07) is 6.14. The van der Waals surface area contributed by atoms with E-state index < -0.39 is 5.60 Å². The average molecular weight is 521 g/mol. The second-order valence-corrected chi connectivity index (χ2v) is 12.0. The molecular formula is C27H37ClN2O4S. The van der Waals surface area contributed by atoms with Crippen molar-refractivity contribution in [1.29, 1.82) is 0 Å². The van der Waals surface area contributed by atoms with Crippen molar-refractivity contribution in [3.63, 3.8) is 0 Å². The first-order valence-electron chi connectivity index (χ1n) is 12.4. The lowest BCUT2D eigenvalue weighted by molar-refractivity contribution is -0.158. The van der Waals surface area contributed by atoms with Gasteiger partial charge in [-0.05, 0) is 75.4 Å². The van der Waals surface area contributed by atoms with Crippen molar-refractivity contribution in [2.45, 2.75) is 65.2 Å². The molecule has 1 amide bonds. The summed E-state index contributed by atoms with van der Waals surface area (Å²) in [6.45, 7) is 12.5. The maximum absolute atomic E-state index is 13.3. The molecule has 35 heavy (non-hydrogen) atoms. The highest BCUT2D eigenvalue weighted by atomic mass is 35.5. The monoisotopic (exact) mass is 520 g/mol. The molecule has 1 aromatic carbocycles. The number of aryl methyl sites for hydroxylation is 4. The quantitative estimate of drug-likeness (QED) is 0.575. The lowest BCUT2D eigenvalue weighted by Gasteiger charge is -2.43. The second-order valence-electron chi connectivity index (χ2n) is 10.1. The molecule has 2 aromatic rings. The van der Waals surface area contributed by atoms with Crippen LogP contribution in [0.3, 0.4) is 0 Å². The van der Waals surface area contributed by atoms with Crippen molar-refractivity contribution in [3.8, 4) is 5.75 Å². The molecular weight excluding hydrogens is 484 g/mol. The highest BCUT2D eigenvalue weighted by Crippen LogP contribution is 2.31. The molecule has 0 aliphatic carbocycles. The SMILES string of the molecule is Cc1cc(CN2CCO[C@@](COc3cc(C)c(Cl)c(C)c3)(CC(=O)N3CCC(O)CC3)C2)c(C)s1. The topological polar surface area (TPSA) is 62.2 Å². The van der Waals surface area contributed by atoms with Crippen molar-refractivity contribution in [2.24, 2.45) is 0 Å². The minimum absolute atomic E-state index is 0.0633. The van der Waals surface area contributed by atoms with E-state index in [4.69, 9.17) is 21.1 Å². The van der Waals surface area contributed by atoms with Gasteiger partial charge in [0.15, 0.2) is 0 Å². The van der Waals surface area contributed by atoms with Crippen LogP contribution in [-0.2, 0) is 16.1 Å². The van der Waals surface area contributed by atoms with E-state index in [1.807, 2.05) is 42.2 Å². The lowest BCUT2D eigenvalue weighted by Crippen LogP contribution is -2.57. The molecule has 8 heteroatoms. The van der Waals surface area contributed by atoms with Gasteiger partial charge < -0.3 is 19.5 Å². The Hall–Kier alpha value is -1.64. The van der Waals surface area contributed by atoms with E-state index >= 15 is 0 Å². The summed E-state index contributed by atoms with van der Waals surface area (Å²) >= 11 is 8.17. The van der Waals surface area contributed by atoms with E-state index in [-0.39, 0.29) is 25.0 Å². The van der Waals surface area contributed by atoms with Crippen LogP contribution in [0.5, 0.6) is 5.75 Å². The van der Waals surface area contributed by atoms with E-state index in [0.29, 0.717) is 39.1 Å². The first-order valence-corrected chi connectivity index (χ1v) is 13.6. The molecule has 0 saturated carbocycles. The minimum atomic E-state index is -0.744. The molecule has 0 bridgehead atoms. The largest absolute Gasteiger partial charge is 0.490 e. The maximum Gasteiger partial charge on any atom is 0.225 e. The van der Waals surface area contributed by atoms with Crippen molar-refractivity contribution in [1.82, 2.24) is 9.80 Å². The number of piperidine rings is 1. The number of benzene rings is 1. The van der Waals surface area contributed by atoms with Gasteiger partial charge in [-0.25, -0.2) is 0 Å². The molecule has 0 spiro atoms. The third-order valence-corrected chi connectivity index (χ3v) is 8.67. The number of hydrogen-bond acceptors (Lipinski definition) is 6. The number of hydrogen-bond donors (Lipinski definition) is 1. The molecule has 192 valence electrons. The zero-order valence-corrected chi connectivity index (χ0v) is 22.8. The van der Waals surface area contributed by atoms with E-state index in [1.165, 1.54) is 15.3 Å². The van der Waals surface area contributed by atoms with E-state index in [9.17, 15) is 9.90 Å². The summed E-state index contributed by atoms with van der Waals surface area (Å²) in [4.78, 5) is 20.2. The number of halogens is 1. The van der Waals surface area contributed by atoms with Gasteiger partial charge in [-0.2, -0.15) is 0 Å². The standard InChI is InChI=1S/C27H37ClN2O4S/c1-18-11-24(12-19(2)26(18)28)33-17-27(14-25(32)30-7-5-23(31)6-8-30)16-29(9-10-34-27)15-22-13-20(3)35-21(22)4/h11-13,23,31H,5-10,14-17H2,1-4H3/t27-/m0/s1. The van der Waals surface area contributed by atoms with E-state index in [1.54, 1.807) is 0 Å². The summed E-state index contributed by atoms with van der Waals surface area (Å²) in [7, 11) is 0. The van der Waals surface area contributed by atoms with Crippen molar-refractivity contribution >= 4 is 28.8 Å². The van der Waals surface area contributed by atoms with Gasteiger partial charge in [-0.1, -0.05) is 11.6 Å². The first-order chi connectivity index (χ1) is 16.6. The molecule has 2 fully saturated rings. The van der Waals surface area contributed by atoms with Gasteiger partial charge in [-0.15, -0.1) is 11.3 Å². The Balaban J connectivity index is 1.52. The van der Waals surface area contributed by atoms with Gasteiger partial charge >= 0.3 is 0 Å². The van der Waals surface area contributed by atoms with Gasteiger partial charge in [0.05, 0.1) is 19.1 Å². The summed E-state index contributed by atoms with van der Waals surface area (Å²) < 4.78 is 12.6. The predicted octanol–water partition coefficient (Wildman–Crippen LogP) is 4.66. The fourth-order valence-corrected chi connectivity index (χ4v) is 6.14. The number of morpholine rings is 1. The van der Waals surface area contributed by atoms with E-state index in [2.05, 4.69) is 24.8 Å². The smallest absolute Gasteiger partial charge is 0.225 e. The normalized spacial score (nSPS) is 21.9. The van der Waals surface area contributed by atoms with Gasteiger partial charge in [0, 0.05) is 47.5 Å². The molecule has 1 N–H and O–H groups in total. The molecule has 2 saturated heterocycles. The Labute approximate surface area is 217 Å². The minimum Gasteiger partial charge on any atom is -0.490 e. The second kappa shape index (κ2) is 11.2. The molecule has 6 nitrogen and oxygen atoms in total. The number of rotatable bonds is 7. The number of thiophene rings is 1. The summed E-state index contributed by atoms with van der Waals surface area (Å²) in [5.74, 6) is 0.802. The summed E-state index contributed by atoms with van der Waals surface area (Å²) in [5, 5.41) is 10.6. The molecule has 1 aromatic heterocycles. The van der Waals surface area contributed by atoms with Gasteiger partial charge in [0.2, 0.25) is 5.91 Å². The zero-order chi connectivity index (χ0) is 25.2. The fraction of sp³-hybridized carbons (Fsp3) is 0.593. The Morgan fingerprint density at radius 3 is 2.49 bits per heavy atom. The Morgan fingerprint density at radius 1 is 1.17 bits per heavy atom. The van der Waals surface area contributed by atoms with Crippen LogP contribution in [-0.4, -0.2) is 71.9 Å². The number of aliphatic hydroxyl groups is 1. The number of aliphatic hydroxyl groups excluding tert-OH is 1. The van der Waals surface area contributed by atoms with Crippen LogP contribution in [0.4, 0.5) is 0 Å². The van der Waals surface area contributed by atoms with Crippen LogP contribution in [0.1, 0.15) is 45.7 Å². The number of carbonyl (C=O) groups is 1. The fourth-order valence-electron chi connectivity index (χ4n) is 5.09. The van der Waals surface area contributed by atoms with Crippen LogP contribution < -0.4 is 4.74 Å². The van der Waals surface area contributed by atoms with E-state index in [0.717, 1.165) is 35.0 Å². The molecule has 0 unspecified atom stereocenters. The summed E-state index contributed by atoms with van der Waals surface area (Å²) in [5.41, 5.74) is 2.53. The highest BCUT2D eigenvalue weighted by molar-refractivity contribution is 7.12. The number of nitrogens with zero attached hydrogens (tertiary/aromatic N) is 2. The maximum atomic E-state index is 13.3. The zero-order valence-electron chi connectivity index (χ0n) is 21.2. The summed E-state index contributed by atoms with van der Waals surface area (Å²) in [6.07, 6.45) is 1.20. The van der Waals surface area contributed by atoms with Crippen LogP contribution in [0.15, 0.2) is 18.2 Å². The number of likely N-dealkylation sites (tertiary alicyclic amines) is 1. The van der Waals surface area contributed by atoms with Crippen LogP contribution in [0.2, 0.25) is 5.02 Å². The van der Waals surface area contributed by atoms with Gasteiger partial charge in [-0.3, -0.25) is 9.69 Å². The molecule has 4 rings (SSSR count). The third-order valence-electron chi connectivity index (χ3n) is 7.07. The molecule has 2 aliphatic rings. The van der Waals surface area contributed by atoms with Crippen molar-refractivity contribution in [2.75, 3.05) is 39.4 Å². The lowest BCUT2D eigenvalue weighted by atomic mass is 9.95. The molecule has 1 atom stereocenters. The molecule has 2 aliphatic heterocycles. The average Bonchev–Trinajstić information content (AvgIpc) is 3.13. The number of amides is 1. The van der Waals surface area contributed by atoms with Gasteiger partial charge in [0.1, 0.15) is 18.0 Å². The van der Waals surface area contributed by atoms with Crippen LogP contribution in [0, 0.1) is 27.7 Å². The Morgan fingerprint density at radius 2 is 1.86 bits per heavy atom. The number of ether oxygens (including phenoxy) is 2. The predicted molar refractivity (Wildman–Crippen MR) is 141 cm³/mol. The highest BCUT2D eigenvalue weighted by Gasteiger charge is 2.41. The van der Waals surface area contributed by atoms with Crippen molar-refractivity contribution in [3.05, 3.63) is 49.7 Å². The molecule has 0 radical (unpaired) electrons. The Bertz CT molecular complexity index is 1030. The van der Waals surface area contributed by atoms with Gasteiger partial charge in [0.25, 0.3) is 0 Å². The Kier molecular flexibility index (Phi) is 8.44. The van der Waals surface area contributed by atoms with Crippen LogP contribution >= 0.6 is 22.9 Å². The first kappa shape index (κ1) is 26.4. The van der Waals surface area contributed by atoms with Crippen LogP contribution in [0.25, 0.3) is 0 Å². The third kappa shape index (κ3) is 6.57. The van der Waals surface area contributed by atoms with Crippen molar-refractivity contribution < 1.29 is 19.4 Å². The molecule has 3 heterocycles. The number of carbonyl (C=O) groups excluding carboxylic acids is 1.